The molecule has 1 rings (SSSR count). The van der Waals surface area contributed by atoms with Crippen LogP contribution < -0.4 is 0 Å². The van der Waals surface area contributed by atoms with Crippen molar-refractivity contribution in [3.8, 4) is 0 Å². The third-order valence-corrected chi connectivity index (χ3v) is 2.80. The maximum Gasteiger partial charge on any atom is 0.311 e. The molecular formula is C10H18NO3+. The third-order valence-electron chi connectivity index (χ3n) is 2.80. The Labute approximate surface area is 84.1 Å². The number of nitrogens with zero attached hydrogens (tertiary/aromatic N) is 1. The second-order valence-corrected chi connectivity index (χ2v) is 4.39. The van der Waals surface area contributed by atoms with Gasteiger partial charge in [-0.15, -0.1) is 0 Å². The molecule has 0 radical (unpaired) electrons. The summed E-state index contributed by atoms with van der Waals surface area (Å²) >= 11 is 0. The lowest BCUT2D eigenvalue weighted by molar-refractivity contribution is -0.906. The zero-order valence-corrected chi connectivity index (χ0v) is 8.66. The van der Waals surface area contributed by atoms with Crippen molar-refractivity contribution in [2.24, 2.45) is 0 Å². The summed E-state index contributed by atoms with van der Waals surface area (Å²) in [6, 6.07) is 0. The predicted octanol–water partition coefficient (Wildman–Crippen LogP) is 0.661. The van der Waals surface area contributed by atoms with Gasteiger partial charge in [0.2, 0.25) is 0 Å². The zero-order valence-electron chi connectivity index (χ0n) is 8.66. The van der Waals surface area contributed by atoms with E-state index in [9.17, 15) is 9.59 Å². The molecule has 0 aliphatic carbocycles. The Bertz CT molecular complexity index is 232. The maximum absolute atomic E-state index is 11.3. The van der Waals surface area contributed by atoms with E-state index in [0.717, 1.165) is 30.4 Å². The number of carbonyl (C=O) groups excluding carboxylic acids is 1. The molecule has 0 saturated carbocycles. The van der Waals surface area contributed by atoms with Gasteiger partial charge in [-0.2, -0.15) is 0 Å². The topological polar surface area (TPSA) is 54.4 Å². The molecule has 1 heterocycles. The molecule has 0 aromatic rings. The van der Waals surface area contributed by atoms with E-state index in [2.05, 4.69) is 0 Å². The number of rotatable bonds is 4. The van der Waals surface area contributed by atoms with E-state index in [-0.39, 0.29) is 12.2 Å². The Hall–Kier alpha value is -0.900. The van der Waals surface area contributed by atoms with Crippen LogP contribution in [0.25, 0.3) is 0 Å². The van der Waals surface area contributed by atoms with Crippen LogP contribution in [0.1, 0.15) is 25.7 Å². The number of carboxylic acids is 1. The summed E-state index contributed by atoms with van der Waals surface area (Å²) in [6.45, 7) is 2.39. The minimum absolute atomic E-state index is 0.151. The molecular weight excluding hydrogens is 182 g/mol. The van der Waals surface area contributed by atoms with Crippen molar-refractivity contribution in [3.63, 3.8) is 0 Å². The molecule has 0 amide bonds. The molecule has 1 aliphatic rings. The fraction of sp³-hybridized carbons (Fsp3) is 0.800. The normalized spacial score (nSPS) is 20.4. The van der Waals surface area contributed by atoms with Crippen LogP contribution in [0.15, 0.2) is 0 Å². The molecule has 0 atom stereocenters. The number of likely N-dealkylation sites (N-methyl/N-ethyl adjacent to an activating group) is 1. The molecule has 0 unspecified atom stereocenters. The summed E-state index contributed by atoms with van der Waals surface area (Å²) in [5.74, 6) is -1.17. The quantitative estimate of drug-likeness (QED) is 0.536. The number of hydrogen-bond donors (Lipinski definition) is 1. The van der Waals surface area contributed by atoms with Gasteiger partial charge >= 0.3 is 5.97 Å². The molecule has 1 saturated heterocycles. The summed E-state index contributed by atoms with van der Waals surface area (Å²) < 4.78 is 0.728. The standard InChI is InChI=1S/C10H17NO3/c1-11(5-3-2-4-6-11)8-9(12)7-10(13)14/h2-8H2,1H3/p+1. The van der Waals surface area contributed by atoms with Crippen molar-refractivity contribution in [2.45, 2.75) is 25.7 Å². The van der Waals surface area contributed by atoms with Crippen LogP contribution in [-0.2, 0) is 9.59 Å². The molecule has 80 valence electrons. The first kappa shape index (κ1) is 11.2. The van der Waals surface area contributed by atoms with Gasteiger partial charge in [-0.1, -0.05) is 0 Å². The lowest BCUT2D eigenvalue weighted by Gasteiger charge is -2.37. The number of aliphatic carboxylic acids is 1. The van der Waals surface area contributed by atoms with E-state index < -0.39 is 5.97 Å². The van der Waals surface area contributed by atoms with Crippen LogP contribution in [0, 0.1) is 0 Å². The summed E-state index contributed by atoms with van der Waals surface area (Å²) in [5.41, 5.74) is 0. The van der Waals surface area contributed by atoms with Gasteiger partial charge in [0.1, 0.15) is 13.0 Å². The highest BCUT2D eigenvalue weighted by Crippen LogP contribution is 2.16. The van der Waals surface area contributed by atoms with Crippen molar-refractivity contribution in [1.82, 2.24) is 0 Å². The number of piperidine rings is 1. The Balaban J connectivity index is 2.41. The van der Waals surface area contributed by atoms with Gasteiger partial charge in [-0.05, 0) is 19.3 Å². The number of carboxylic acid groups (broad SMARTS) is 1. The molecule has 1 fully saturated rings. The minimum atomic E-state index is -1.02. The summed E-state index contributed by atoms with van der Waals surface area (Å²) in [4.78, 5) is 21.7. The lowest BCUT2D eigenvalue weighted by Crippen LogP contribution is -2.51. The van der Waals surface area contributed by atoms with Gasteiger partial charge in [-0.25, -0.2) is 0 Å². The van der Waals surface area contributed by atoms with Gasteiger partial charge < -0.3 is 9.59 Å². The van der Waals surface area contributed by atoms with Crippen molar-refractivity contribution < 1.29 is 19.2 Å². The number of Topliss-reactive ketones (excluding diaryl/α,β-unsaturated/α-hetero) is 1. The van der Waals surface area contributed by atoms with Gasteiger partial charge in [0.25, 0.3) is 0 Å². The first-order valence-corrected chi connectivity index (χ1v) is 5.09. The van der Waals surface area contributed by atoms with Crippen molar-refractivity contribution in [3.05, 3.63) is 0 Å². The molecule has 1 N–H and O–H groups in total. The molecule has 4 heteroatoms. The van der Waals surface area contributed by atoms with Crippen molar-refractivity contribution >= 4 is 11.8 Å². The van der Waals surface area contributed by atoms with E-state index in [4.69, 9.17) is 5.11 Å². The van der Waals surface area contributed by atoms with Gasteiger partial charge in [0, 0.05) is 0 Å². The number of likely N-dealkylation sites (tertiary alicyclic amines) is 1. The Kier molecular flexibility index (Phi) is 3.63. The van der Waals surface area contributed by atoms with E-state index in [1.165, 1.54) is 6.42 Å². The highest BCUT2D eigenvalue weighted by Gasteiger charge is 2.28. The smallest absolute Gasteiger partial charge is 0.311 e. The monoisotopic (exact) mass is 200 g/mol. The second-order valence-electron chi connectivity index (χ2n) is 4.39. The number of quaternary nitrogens is 1. The highest BCUT2D eigenvalue weighted by atomic mass is 16.4. The van der Waals surface area contributed by atoms with E-state index >= 15 is 0 Å². The molecule has 14 heavy (non-hydrogen) atoms. The predicted molar refractivity (Wildman–Crippen MR) is 51.9 cm³/mol. The largest absolute Gasteiger partial charge is 0.481 e. The SMILES string of the molecule is C[N+]1(CC(=O)CC(=O)O)CCCCC1. The molecule has 0 bridgehead atoms. The summed E-state index contributed by atoms with van der Waals surface area (Å²) in [6.07, 6.45) is 3.21. The van der Waals surface area contributed by atoms with Crippen LogP contribution in [0.3, 0.4) is 0 Å². The fourth-order valence-corrected chi connectivity index (χ4v) is 2.08. The Morgan fingerprint density at radius 2 is 1.79 bits per heavy atom. The van der Waals surface area contributed by atoms with Gasteiger partial charge in [0.05, 0.1) is 20.1 Å². The van der Waals surface area contributed by atoms with Crippen molar-refractivity contribution in [1.29, 1.82) is 0 Å². The van der Waals surface area contributed by atoms with Crippen LogP contribution in [0.2, 0.25) is 0 Å². The van der Waals surface area contributed by atoms with Crippen LogP contribution in [0.5, 0.6) is 0 Å². The first-order valence-electron chi connectivity index (χ1n) is 5.09. The lowest BCUT2D eigenvalue weighted by atomic mass is 10.1. The number of carbonyl (C=O) groups is 2. The van der Waals surface area contributed by atoms with Gasteiger partial charge in [-0.3, -0.25) is 9.59 Å². The fourth-order valence-electron chi connectivity index (χ4n) is 2.08. The van der Waals surface area contributed by atoms with E-state index in [0.29, 0.717) is 6.54 Å². The van der Waals surface area contributed by atoms with Crippen LogP contribution in [0.4, 0.5) is 0 Å². The number of ketones is 1. The zero-order chi connectivity index (χ0) is 10.6. The Morgan fingerprint density at radius 1 is 1.21 bits per heavy atom. The summed E-state index contributed by atoms with van der Waals surface area (Å²) in [5, 5.41) is 8.47. The molecule has 0 spiro atoms. The average molecular weight is 200 g/mol. The molecule has 0 aromatic heterocycles. The first-order chi connectivity index (χ1) is 6.52. The van der Waals surface area contributed by atoms with Crippen LogP contribution >= 0.6 is 0 Å². The highest BCUT2D eigenvalue weighted by molar-refractivity contribution is 5.95. The molecule has 4 nitrogen and oxygen atoms in total. The van der Waals surface area contributed by atoms with E-state index in [1.54, 1.807) is 0 Å². The van der Waals surface area contributed by atoms with Crippen molar-refractivity contribution in [2.75, 3.05) is 26.7 Å². The molecule has 1 aliphatic heterocycles. The van der Waals surface area contributed by atoms with E-state index in [1.807, 2.05) is 7.05 Å². The maximum atomic E-state index is 11.3. The van der Waals surface area contributed by atoms with Gasteiger partial charge in [0.15, 0.2) is 5.78 Å². The third kappa shape index (κ3) is 3.46. The van der Waals surface area contributed by atoms with Crippen LogP contribution in [-0.4, -0.2) is 48.0 Å². The average Bonchev–Trinajstić information content (AvgIpc) is 2.02. The second kappa shape index (κ2) is 4.55. The minimum Gasteiger partial charge on any atom is -0.481 e. The molecule has 0 aromatic carbocycles. The Morgan fingerprint density at radius 3 is 2.29 bits per heavy atom. The number of hydrogen-bond acceptors (Lipinski definition) is 2. The summed E-state index contributed by atoms with van der Waals surface area (Å²) in [7, 11) is 2.04.